The zero-order valence-corrected chi connectivity index (χ0v) is 10.9. The first-order valence-electron chi connectivity index (χ1n) is 5.74. The van der Waals surface area contributed by atoms with Gasteiger partial charge >= 0.3 is 0 Å². The minimum absolute atomic E-state index is 0. The molecular weight excluding hydrogens is 242 g/mol. The van der Waals surface area contributed by atoms with Gasteiger partial charge in [0, 0.05) is 24.2 Å². The van der Waals surface area contributed by atoms with Gasteiger partial charge in [-0.2, -0.15) is 0 Å². The Morgan fingerprint density at radius 3 is 2.81 bits per heavy atom. The average Bonchev–Trinajstić information content (AvgIpc) is 2.84. The fourth-order valence-electron chi connectivity index (χ4n) is 2.57. The van der Waals surface area contributed by atoms with Crippen LogP contribution in [0, 0.1) is 11.8 Å². The van der Waals surface area contributed by atoms with E-state index in [-0.39, 0.29) is 12.4 Å². The fourth-order valence-corrected chi connectivity index (χ4v) is 3.30. The second kappa shape index (κ2) is 4.90. The van der Waals surface area contributed by atoms with Crippen LogP contribution in [0.3, 0.4) is 0 Å². The van der Waals surface area contributed by atoms with E-state index in [1.165, 1.54) is 37.2 Å². The molecule has 1 aliphatic heterocycles. The summed E-state index contributed by atoms with van der Waals surface area (Å²) in [6.45, 7) is 3.61. The normalized spacial score (nSPS) is 25.6. The highest BCUT2D eigenvalue weighted by Gasteiger charge is 2.35. The lowest BCUT2D eigenvalue weighted by atomic mass is 10.0. The number of rotatable bonds is 3. The van der Waals surface area contributed by atoms with Gasteiger partial charge in [-0.05, 0) is 37.6 Å². The molecule has 0 aromatic carbocycles. The van der Waals surface area contributed by atoms with E-state index in [0.29, 0.717) is 5.13 Å². The van der Waals surface area contributed by atoms with Crippen LogP contribution in [0.15, 0.2) is 6.20 Å². The molecular formula is C11H18ClN3S. The highest BCUT2D eigenvalue weighted by molar-refractivity contribution is 7.15. The second-order valence-corrected chi connectivity index (χ2v) is 5.93. The van der Waals surface area contributed by atoms with Crippen LogP contribution in [0.25, 0.3) is 0 Å². The number of nitrogens with two attached hydrogens (primary N) is 1. The van der Waals surface area contributed by atoms with Crippen LogP contribution in [-0.2, 0) is 6.54 Å². The van der Waals surface area contributed by atoms with E-state index in [1.807, 2.05) is 6.20 Å². The summed E-state index contributed by atoms with van der Waals surface area (Å²) in [7, 11) is 0. The van der Waals surface area contributed by atoms with Crippen LogP contribution in [0.4, 0.5) is 5.13 Å². The van der Waals surface area contributed by atoms with Gasteiger partial charge in [-0.15, -0.1) is 23.7 Å². The summed E-state index contributed by atoms with van der Waals surface area (Å²) in [5.74, 6) is 2.04. The number of nitrogen functional groups attached to an aromatic ring is 1. The van der Waals surface area contributed by atoms with Crippen molar-refractivity contribution in [2.24, 2.45) is 11.8 Å². The number of thiazole rings is 1. The molecule has 2 aliphatic rings. The lowest BCUT2D eigenvalue weighted by molar-refractivity contribution is 0.312. The Labute approximate surface area is 106 Å². The van der Waals surface area contributed by atoms with Gasteiger partial charge in [-0.3, -0.25) is 4.90 Å². The molecule has 1 saturated carbocycles. The number of hydrogen-bond acceptors (Lipinski definition) is 4. The number of hydrogen-bond donors (Lipinski definition) is 1. The molecule has 16 heavy (non-hydrogen) atoms. The van der Waals surface area contributed by atoms with Crippen molar-refractivity contribution in [3.05, 3.63) is 11.1 Å². The summed E-state index contributed by atoms with van der Waals surface area (Å²) in [5, 5.41) is 0.697. The Bertz CT molecular complexity index is 351. The molecule has 3 rings (SSSR count). The van der Waals surface area contributed by atoms with Crippen LogP contribution in [0.1, 0.15) is 24.1 Å². The minimum atomic E-state index is 0. The highest BCUT2D eigenvalue weighted by atomic mass is 35.5. The second-order valence-electron chi connectivity index (χ2n) is 4.79. The van der Waals surface area contributed by atoms with E-state index < -0.39 is 0 Å². The van der Waals surface area contributed by atoms with Crippen molar-refractivity contribution < 1.29 is 0 Å². The Balaban J connectivity index is 0.000000963. The van der Waals surface area contributed by atoms with Gasteiger partial charge in [0.2, 0.25) is 0 Å². The van der Waals surface area contributed by atoms with E-state index in [2.05, 4.69) is 9.88 Å². The molecule has 2 heterocycles. The maximum Gasteiger partial charge on any atom is 0.180 e. The van der Waals surface area contributed by atoms with Gasteiger partial charge in [-0.1, -0.05) is 0 Å². The van der Waals surface area contributed by atoms with Gasteiger partial charge in [0.15, 0.2) is 5.13 Å². The Kier molecular flexibility index (Phi) is 3.72. The molecule has 0 radical (unpaired) electrons. The molecule has 2 fully saturated rings. The third-order valence-corrected chi connectivity index (χ3v) is 4.36. The van der Waals surface area contributed by atoms with Crippen molar-refractivity contribution in [2.75, 3.05) is 18.8 Å². The summed E-state index contributed by atoms with van der Waals surface area (Å²) in [6.07, 6.45) is 6.28. The molecule has 90 valence electrons. The van der Waals surface area contributed by atoms with E-state index in [0.717, 1.165) is 18.4 Å². The molecule has 0 amide bonds. The van der Waals surface area contributed by atoms with E-state index in [9.17, 15) is 0 Å². The van der Waals surface area contributed by atoms with Crippen molar-refractivity contribution in [3.8, 4) is 0 Å². The van der Waals surface area contributed by atoms with Crippen LogP contribution < -0.4 is 5.73 Å². The summed E-state index contributed by atoms with van der Waals surface area (Å²) in [5.41, 5.74) is 5.63. The standard InChI is InChI=1S/C11H17N3S.ClH/c12-11-13-5-10(15-11)7-14-4-3-9(6-14)8-1-2-8;/h5,8-9H,1-4,6-7H2,(H2,12,13);1H. The largest absolute Gasteiger partial charge is 0.375 e. The third kappa shape index (κ3) is 2.67. The maximum absolute atomic E-state index is 5.63. The number of likely N-dealkylation sites (tertiary alicyclic amines) is 1. The Hall–Kier alpha value is -0.320. The number of halogens is 1. The Morgan fingerprint density at radius 2 is 2.19 bits per heavy atom. The fraction of sp³-hybridized carbons (Fsp3) is 0.727. The zero-order valence-electron chi connectivity index (χ0n) is 9.26. The van der Waals surface area contributed by atoms with Crippen molar-refractivity contribution in [1.29, 1.82) is 0 Å². The topological polar surface area (TPSA) is 42.1 Å². The van der Waals surface area contributed by atoms with E-state index >= 15 is 0 Å². The van der Waals surface area contributed by atoms with Gasteiger partial charge in [0.25, 0.3) is 0 Å². The predicted octanol–water partition coefficient (Wildman–Crippen LogP) is 2.38. The van der Waals surface area contributed by atoms with Crippen molar-refractivity contribution >= 4 is 28.9 Å². The van der Waals surface area contributed by atoms with E-state index in [1.54, 1.807) is 11.3 Å². The molecule has 2 N–H and O–H groups in total. The molecule has 0 spiro atoms. The minimum Gasteiger partial charge on any atom is -0.375 e. The number of anilines is 1. The van der Waals surface area contributed by atoms with Crippen molar-refractivity contribution in [3.63, 3.8) is 0 Å². The third-order valence-electron chi connectivity index (χ3n) is 3.55. The molecule has 1 aliphatic carbocycles. The van der Waals surface area contributed by atoms with Crippen molar-refractivity contribution in [1.82, 2.24) is 9.88 Å². The molecule has 1 atom stereocenters. The predicted molar refractivity (Wildman–Crippen MR) is 69.9 cm³/mol. The summed E-state index contributed by atoms with van der Waals surface area (Å²) in [4.78, 5) is 7.96. The first-order chi connectivity index (χ1) is 7.31. The van der Waals surface area contributed by atoms with E-state index in [4.69, 9.17) is 5.73 Å². The quantitative estimate of drug-likeness (QED) is 0.906. The van der Waals surface area contributed by atoms with Gasteiger partial charge in [0.05, 0.1) is 0 Å². The monoisotopic (exact) mass is 259 g/mol. The lowest BCUT2D eigenvalue weighted by Crippen LogP contribution is -2.19. The first-order valence-corrected chi connectivity index (χ1v) is 6.55. The van der Waals surface area contributed by atoms with Crippen LogP contribution in [0.5, 0.6) is 0 Å². The zero-order chi connectivity index (χ0) is 10.3. The van der Waals surface area contributed by atoms with Crippen LogP contribution in [-0.4, -0.2) is 23.0 Å². The summed E-state index contributed by atoms with van der Waals surface area (Å²) in [6, 6.07) is 0. The summed E-state index contributed by atoms with van der Waals surface area (Å²) < 4.78 is 0. The smallest absolute Gasteiger partial charge is 0.180 e. The number of nitrogens with zero attached hydrogens (tertiary/aromatic N) is 2. The molecule has 1 aromatic heterocycles. The maximum atomic E-state index is 5.63. The van der Waals surface area contributed by atoms with Gasteiger partial charge < -0.3 is 5.73 Å². The average molecular weight is 260 g/mol. The van der Waals surface area contributed by atoms with Crippen LogP contribution in [0.2, 0.25) is 0 Å². The first kappa shape index (κ1) is 12.1. The highest BCUT2D eigenvalue weighted by Crippen LogP contribution is 2.41. The number of aromatic nitrogens is 1. The molecule has 1 unspecified atom stereocenters. The molecule has 1 saturated heterocycles. The molecule has 3 nitrogen and oxygen atoms in total. The lowest BCUT2D eigenvalue weighted by Gasteiger charge is -2.14. The molecule has 5 heteroatoms. The molecule has 1 aromatic rings. The van der Waals surface area contributed by atoms with Crippen molar-refractivity contribution in [2.45, 2.75) is 25.8 Å². The van der Waals surface area contributed by atoms with Gasteiger partial charge in [0.1, 0.15) is 0 Å². The van der Waals surface area contributed by atoms with Crippen LogP contribution >= 0.6 is 23.7 Å². The SMILES string of the molecule is Cl.Nc1ncc(CN2CCC(C3CC3)C2)s1. The van der Waals surface area contributed by atoms with Gasteiger partial charge in [-0.25, -0.2) is 4.98 Å². The Morgan fingerprint density at radius 1 is 1.38 bits per heavy atom. The summed E-state index contributed by atoms with van der Waals surface area (Å²) >= 11 is 1.62. The molecule has 0 bridgehead atoms.